The zero-order valence-corrected chi connectivity index (χ0v) is 16.2. The minimum Gasteiger partial charge on any atom is -0.481 e. The lowest BCUT2D eigenvalue weighted by atomic mass is 10.2. The van der Waals surface area contributed by atoms with Gasteiger partial charge in [0, 0.05) is 18.8 Å². The molecule has 29 heavy (non-hydrogen) atoms. The molecule has 3 aromatic rings. The van der Waals surface area contributed by atoms with Crippen LogP contribution in [0.5, 0.6) is 11.8 Å². The molecule has 9 nitrogen and oxygen atoms in total. The van der Waals surface area contributed by atoms with Crippen LogP contribution in [0, 0.1) is 0 Å². The van der Waals surface area contributed by atoms with E-state index in [1.54, 1.807) is 24.4 Å². The summed E-state index contributed by atoms with van der Waals surface area (Å²) in [5.74, 6) is -0.798. The molecule has 3 heterocycles. The maximum atomic E-state index is 12.8. The summed E-state index contributed by atoms with van der Waals surface area (Å²) < 4.78 is 63.1. The minimum absolute atomic E-state index is 0.0629. The number of ether oxygens (including phenoxy) is 2. The lowest BCUT2D eigenvalue weighted by Gasteiger charge is -2.13. The van der Waals surface area contributed by atoms with E-state index in [0.29, 0.717) is 11.4 Å². The van der Waals surface area contributed by atoms with E-state index in [4.69, 9.17) is 9.47 Å². The average Bonchev–Trinajstić information content (AvgIpc) is 3.20. The van der Waals surface area contributed by atoms with E-state index in [9.17, 15) is 17.2 Å². The normalized spacial score (nSPS) is 11.5. The standard InChI is InChI=1S/C17H17F2N5O4S/c1-27-15-11(8-14(18)19)16(28-2)23-17(22-15)24-29(25,26)10-7-13(21-9-10)12-5-3-4-6-20-12/h3-7,9,14,21H,8H2,1-2H3,(H,22,23,24). The van der Waals surface area contributed by atoms with Gasteiger partial charge in [0.05, 0.1) is 31.2 Å². The van der Waals surface area contributed by atoms with Crippen LogP contribution in [-0.4, -0.2) is 49.0 Å². The van der Waals surface area contributed by atoms with Gasteiger partial charge in [0.25, 0.3) is 10.0 Å². The molecule has 0 aromatic carbocycles. The summed E-state index contributed by atoms with van der Waals surface area (Å²) in [5, 5.41) is 0. The van der Waals surface area contributed by atoms with Crippen LogP contribution in [0.25, 0.3) is 11.4 Å². The fourth-order valence-corrected chi connectivity index (χ4v) is 3.47. The Morgan fingerprint density at radius 1 is 1.17 bits per heavy atom. The van der Waals surface area contributed by atoms with Crippen LogP contribution < -0.4 is 14.2 Å². The molecule has 0 aliphatic rings. The van der Waals surface area contributed by atoms with Gasteiger partial charge in [-0.05, 0) is 18.2 Å². The Morgan fingerprint density at radius 3 is 2.41 bits per heavy atom. The number of anilines is 1. The van der Waals surface area contributed by atoms with Crippen LogP contribution in [0.4, 0.5) is 14.7 Å². The fourth-order valence-electron chi connectivity index (χ4n) is 2.53. The van der Waals surface area contributed by atoms with Gasteiger partial charge in [-0.2, -0.15) is 9.97 Å². The highest BCUT2D eigenvalue weighted by Crippen LogP contribution is 2.29. The molecule has 0 amide bonds. The molecule has 0 spiro atoms. The SMILES string of the molecule is COc1nc(NS(=O)(=O)c2c[nH]c(-c3ccccn3)c2)nc(OC)c1CC(F)F. The van der Waals surface area contributed by atoms with Gasteiger partial charge in [0.1, 0.15) is 4.90 Å². The zero-order valence-electron chi connectivity index (χ0n) is 15.4. The monoisotopic (exact) mass is 425 g/mol. The number of aromatic amines is 1. The van der Waals surface area contributed by atoms with E-state index < -0.39 is 22.9 Å². The number of methoxy groups -OCH3 is 2. The minimum atomic E-state index is -4.08. The largest absolute Gasteiger partial charge is 0.481 e. The molecule has 0 unspecified atom stereocenters. The number of nitrogens with zero attached hydrogens (tertiary/aromatic N) is 3. The number of nitrogens with one attached hydrogen (secondary N) is 2. The summed E-state index contributed by atoms with van der Waals surface area (Å²) in [4.78, 5) is 14.6. The lowest BCUT2D eigenvalue weighted by molar-refractivity contribution is 0.146. The van der Waals surface area contributed by atoms with Crippen molar-refractivity contribution in [2.75, 3.05) is 18.9 Å². The first-order valence-corrected chi connectivity index (χ1v) is 9.72. The van der Waals surface area contributed by atoms with Crippen LogP contribution in [0.2, 0.25) is 0 Å². The van der Waals surface area contributed by atoms with Crippen LogP contribution in [-0.2, 0) is 16.4 Å². The molecule has 12 heteroatoms. The second-order valence-corrected chi connectivity index (χ2v) is 7.39. The topological polar surface area (TPSA) is 119 Å². The van der Waals surface area contributed by atoms with Gasteiger partial charge in [0.15, 0.2) is 0 Å². The van der Waals surface area contributed by atoms with Gasteiger partial charge in [-0.15, -0.1) is 0 Å². The number of halogens is 2. The molecule has 0 radical (unpaired) electrons. The van der Waals surface area contributed by atoms with Gasteiger partial charge in [0.2, 0.25) is 24.1 Å². The molecule has 2 N–H and O–H groups in total. The molecule has 0 saturated carbocycles. The highest BCUT2D eigenvalue weighted by molar-refractivity contribution is 7.92. The average molecular weight is 425 g/mol. The Balaban J connectivity index is 1.91. The molecule has 0 fully saturated rings. The summed E-state index contributed by atoms with van der Waals surface area (Å²) in [5.41, 5.74) is 0.992. The van der Waals surface area contributed by atoms with Crippen molar-refractivity contribution in [3.05, 3.63) is 42.2 Å². The number of hydrogen-bond donors (Lipinski definition) is 2. The summed E-state index contributed by atoms with van der Waals surface area (Å²) >= 11 is 0. The van der Waals surface area contributed by atoms with Crippen LogP contribution in [0.15, 0.2) is 41.6 Å². The molecule has 0 atom stereocenters. The molecule has 154 valence electrons. The van der Waals surface area contributed by atoms with E-state index in [1.807, 2.05) is 0 Å². The molecule has 3 rings (SSSR count). The number of pyridine rings is 1. The Kier molecular flexibility index (Phi) is 5.92. The summed E-state index contributed by atoms with van der Waals surface area (Å²) in [6.07, 6.45) is -0.527. The maximum Gasteiger partial charge on any atom is 0.265 e. The number of hydrogen-bond acceptors (Lipinski definition) is 7. The number of alkyl halides is 2. The lowest BCUT2D eigenvalue weighted by Crippen LogP contribution is -2.16. The number of sulfonamides is 1. The Morgan fingerprint density at radius 2 is 1.86 bits per heavy atom. The predicted octanol–water partition coefficient (Wildman–Crippen LogP) is 2.49. The fraction of sp³-hybridized carbons (Fsp3) is 0.235. The van der Waals surface area contributed by atoms with Crippen molar-refractivity contribution in [1.82, 2.24) is 19.9 Å². The highest BCUT2D eigenvalue weighted by atomic mass is 32.2. The second-order valence-electron chi connectivity index (χ2n) is 5.71. The van der Waals surface area contributed by atoms with Crippen molar-refractivity contribution in [3.63, 3.8) is 0 Å². The Hall–Kier alpha value is -3.28. The first kappa shape index (κ1) is 20.5. The number of H-pyrrole nitrogens is 1. The molecule has 3 aromatic heterocycles. The van der Waals surface area contributed by atoms with Gasteiger partial charge < -0.3 is 14.5 Å². The third-order valence-corrected chi connectivity index (χ3v) is 5.12. The molecule has 0 saturated heterocycles. The van der Waals surface area contributed by atoms with Crippen LogP contribution in [0.1, 0.15) is 5.56 Å². The third kappa shape index (κ3) is 4.59. The van der Waals surface area contributed by atoms with E-state index >= 15 is 0 Å². The second kappa shape index (κ2) is 8.39. The Labute approximate surface area is 165 Å². The van der Waals surface area contributed by atoms with Crippen LogP contribution in [0.3, 0.4) is 0 Å². The van der Waals surface area contributed by atoms with Crippen molar-refractivity contribution in [2.45, 2.75) is 17.7 Å². The Bertz CT molecular complexity index is 1070. The van der Waals surface area contributed by atoms with Crippen molar-refractivity contribution >= 4 is 16.0 Å². The van der Waals surface area contributed by atoms with Gasteiger partial charge in [-0.1, -0.05) is 6.07 Å². The van der Waals surface area contributed by atoms with E-state index in [0.717, 1.165) is 0 Å². The zero-order chi connectivity index (χ0) is 21.0. The van der Waals surface area contributed by atoms with E-state index in [2.05, 4.69) is 24.7 Å². The van der Waals surface area contributed by atoms with E-state index in [1.165, 1.54) is 26.5 Å². The molecule has 0 aliphatic carbocycles. The van der Waals surface area contributed by atoms with Gasteiger partial charge in [-0.3, -0.25) is 4.98 Å². The summed E-state index contributed by atoms with van der Waals surface area (Å²) in [7, 11) is -1.63. The van der Waals surface area contributed by atoms with Crippen LogP contribution >= 0.6 is 0 Å². The smallest absolute Gasteiger partial charge is 0.265 e. The van der Waals surface area contributed by atoms with Crippen molar-refractivity contribution in [3.8, 4) is 23.1 Å². The first-order chi connectivity index (χ1) is 13.8. The number of rotatable bonds is 8. The predicted molar refractivity (Wildman–Crippen MR) is 99.7 cm³/mol. The summed E-state index contributed by atoms with van der Waals surface area (Å²) in [6.45, 7) is 0. The molecular formula is C17H17F2N5O4S. The van der Waals surface area contributed by atoms with E-state index in [-0.39, 0.29) is 28.2 Å². The molecule has 0 bridgehead atoms. The maximum absolute atomic E-state index is 12.8. The first-order valence-electron chi connectivity index (χ1n) is 8.23. The van der Waals surface area contributed by atoms with Crippen molar-refractivity contribution < 1.29 is 26.7 Å². The quantitative estimate of drug-likeness (QED) is 0.569. The molecular weight excluding hydrogens is 408 g/mol. The van der Waals surface area contributed by atoms with Gasteiger partial charge >= 0.3 is 0 Å². The summed E-state index contributed by atoms with van der Waals surface area (Å²) in [6, 6.07) is 6.62. The van der Waals surface area contributed by atoms with Crippen molar-refractivity contribution in [1.29, 1.82) is 0 Å². The highest BCUT2D eigenvalue weighted by Gasteiger charge is 2.23. The molecule has 0 aliphatic heterocycles. The van der Waals surface area contributed by atoms with Gasteiger partial charge in [-0.25, -0.2) is 21.9 Å². The third-order valence-electron chi connectivity index (χ3n) is 3.81. The van der Waals surface area contributed by atoms with Crippen molar-refractivity contribution in [2.24, 2.45) is 0 Å². The number of aromatic nitrogens is 4.